The van der Waals surface area contributed by atoms with Crippen LogP contribution < -0.4 is 10.6 Å². The van der Waals surface area contributed by atoms with E-state index in [2.05, 4.69) is 47.9 Å². The smallest absolute Gasteiger partial charge is 0.221 e. The summed E-state index contributed by atoms with van der Waals surface area (Å²) in [5.74, 6) is 1.11. The summed E-state index contributed by atoms with van der Waals surface area (Å²) in [4.78, 5) is 12.6. The van der Waals surface area contributed by atoms with Crippen molar-refractivity contribution in [2.24, 2.45) is 0 Å². The Morgan fingerprint density at radius 1 is 1.22 bits per heavy atom. The van der Waals surface area contributed by atoms with Crippen molar-refractivity contribution >= 4 is 23.4 Å². The highest BCUT2D eigenvalue weighted by atomic mass is 32.2. The summed E-state index contributed by atoms with van der Waals surface area (Å²) < 4.78 is 0. The van der Waals surface area contributed by atoms with Gasteiger partial charge in [0.1, 0.15) is 0 Å². The molecule has 1 heterocycles. The quantitative estimate of drug-likeness (QED) is 0.867. The van der Waals surface area contributed by atoms with E-state index in [0.29, 0.717) is 6.04 Å². The summed E-state index contributed by atoms with van der Waals surface area (Å²) >= 11 is 1.94. The Hall–Kier alpha value is -1.78. The Kier molecular flexibility index (Phi) is 5.03. The van der Waals surface area contributed by atoms with Crippen molar-refractivity contribution in [2.75, 3.05) is 11.1 Å². The van der Waals surface area contributed by atoms with Gasteiger partial charge in [-0.2, -0.15) is 0 Å². The summed E-state index contributed by atoms with van der Waals surface area (Å²) in [5.41, 5.74) is 3.43. The fraction of sp³-hybridized carbons (Fsp3) is 0.316. The maximum Gasteiger partial charge on any atom is 0.221 e. The van der Waals surface area contributed by atoms with Crippen LogP contribution in [-0.2, 0) is 4.79 Å². The number of hydrogen-bond donors (Lipinski definition) is 2. The lowest BCUT2D eigenvalue weighted by Crippen LogP contribution is -2.27. The number of fused-ring (bicyclic) bond motifs is 1. The van der Waals surface area contributed by atoms with Gasteiger partial charge in [-0.05, 0) is 48.4 Å². The van der Waals surface area contributed by atoms with Crippen LogP contribution in [0.25, 0.3) is 0 Å². The molecule has 2 aromatic rings. The summed E-state index contributed by atoms with van der Waals surface area (Å²) in [6.45, 7) is 3.71. The van der Waals surface area contributed by atoms with E-state index >= 15 is 0 Å². The molecule has 2 aromatic carbocycles. The molecule has 1 aliphatic rings. The Morgan fingerprint density at radius 2 is 2.04 bits per heavy atom. The van der Waals surface area contributed by atoms with Crippen LogP contribution in [-0.4, -0.2) is 11.7 Å². The number of thioether (sulfide) groups is 1. The van der Waals surface area contributed by atoms with Crippen LogP contribution >= 0.6 is 11.8 Å². The van der Waals surface area contributed by atoms with Gasteiger partial charge < -0.3 is 10.6 Å². The molecule has 0 saturated carbocycles. The van der Waals surface area contributed by atoms with Crippen LogP contribution in [0.2, 0.25) is 0 Å². The van der Waals surface area contributed by atoms with Gasteiger partial charge in [-0.25, -0.2) is 0 Å². The van der Waals surface area contributed by atoms with Gasteiger partial charge in [0.2, 0.25) is 5.91 Å². The minimum atomic E-state index is -0.0407. The van der Waals surface area contributed by atoms with E-state index < -0.39 is 0 Å². The lowest BCUT2D eigenvalue weighted by Gasteiger charge is -2.29. The fourth-order valence-corrected chi connectivity index (χ4v) is 4.13. The molecule has 1 amide bonds. The summed E-state index contributed by atoms with van der Waals surface area (Å²) in [6, 6.07) is 17.3. The molecular weight excluding hydrogens is 304 g/mol. The summed E-state index contributed by atoms with van der Waals surface area (Å²) in [7, 11) is 0. The van der Waals surface area contributed by atoms with Crippen molar-refractivity contribution in [1.29, 1.82) is 0 Å². The first-order valence-electron chi connectivity index (χ1n) is 7.99. The maximum atomic E-state index is 11.2. The number of hydrogen-bond acceptors (Lipinski definition) is 3. The van der Waals surface area contributed by atoms with Crippen molar-refractivity contribution in [3.63, 3.8) is 0 Å². The lowest BCUT2D eigenvalue weighted by molar-refractivity contribution is -0.114. The first-order valence-corrected chi connectivity index (χ1v) is 8.97. The van der Waals surface area contributed by atoms with E-state index in [-0.39, 0.29) is 11.9 Å². The van der Waals surface area contributed by atoms with Gasteiger partial charge in [-0.1, -0.05) is 30.3 Å². The SMILES string of the molecule is CC(=O)Nc1cccc(C(C)NC2CCSc3ccccc32)c1. The second kappa shape index (κ2) is 7.20. The largest absolute Gasteiger partial charge is 0.326 e. The molecule has 0 aliphatic carbocycles. The molecule has 0 bridgehead atoms. The molecule has 0 saturated heterocycles. The van der Waals surface area contributed by atoms with E-state index in [0.717, 1.165) is 17.9 Å². The highest BCUT2D eigenvalue weighted by molar-refractivity contribution is 7.99. The van der Waals surface area contributed by atoms with E-state index in [1.807, 2.05) is 30.0 Å². The number of carbonyl (C=O) groups excluding carboxylic acids is 1. The predicted molar refractivity (Wildman–Crippen MR) is 96.8 cm³/mol. The maximum absolute atomic E-state index is 11.2. The van der Waals surface area contributed by atoms with E-state index in [9.17, 15) is 4.79 Å². The van der Waals surface area contributed by atoms with Crippen molar-refractivity contribution in [1.82, 2.24) is 5.32 Å². The van der Waals surface area contributed by atoms with Gasteiger partial charge in [0, 0.05) is 29.6 Å². The molecule has 4 heteroatoms. The standard InChI is InChI=1S/C19H22N2OS/c1-13(15-6-5-7-16(12-15)21-14(2)22)20-18-10-11-23-19-9-4-3-8-17(18)19/h3-9,12-13,18,20H,10-11H2,1-2H3,(H,21,22). The average Bonchev–Trinajstić information content (AvgIpc) is 2.55. The monoisotopic (exact) mass is 326 g/mol. The molecule has 2 atom stereocenters. The first kappa shape index (κ1) is 16.1. The lowest BCUT2D eigenvalue weighted by atomic mass is 10.0. The molecule has 2 unspecified atom stereocenters. The van der Waals surface area contributed by atoms with Crippen LogP contribution in [0.15, 0.2) is 53.4 Å². The first-order chi connectivity index (χ1) is 11.1. The second-order valence-corrected chi connectivity index (χ2v) is 7.06. The van der Waals surface area contributed by atoms with Crippen molar-refractivity contribution in [3.05, 3.63) is 59.7 Å². The van der Waals surface area contributed by atoms with Crippen LogP contribution in [0.5, 0.6) is 0 Å². The van der Waals surface area contributed by atoms with Crippen LogP contribution in [0.3, 0.4) is 0 Å². The minimum Gasteiger partial charge on any atom is -0.326 e. The zero-order chi connectivity index (χ0) is 16.2. The molecule has 0 fully saturated rings. The Labute approximate surface area is 141 Å². The number of nitrogens with one attached hydrogen (secondary N) is 2. The molecule has 23 heavy (non-hydrogen) atoms. The highest BCUT2D eigenvalue weighted by Gasteiger charge is 2.22. The number of carbonyl (C=O) groups is 1. The summed E-state index contributed by atoms with van der Waals surface area (Å²) in [6.07, 6.45) is 1.14. The van der Waals surface area contributed by atoms with Gasteiger partial charge in [-0.3, -0.25) is 4.79 Å². The molecule has 0 aromatic heterocycles. The van der Waals surface area contributed by atoms with E-state index in [1.165, 1.54) is 22.9 Å². The van der Waals surface area contributed by atoms with E-state index in [1.54, 1.807) is 0 Å². The van der Waals surface area contributed by atoms with E-state index in [4.69, 9.17) is 0 Å². The Balaban J connectivity index is 1.75. The van der Waals surface area contributed by atoms with Gasteiger partial charge in [-0.15, -0.1) is 11.8 Å². The number of amides is 1. The van der Waals surface area contributed by atoms with Crippen LogP contribution in [0, 0.1) is 0 Å². The molecule has 3 rings (SSSR count). The number of anilines is 1. The van der Waals surface area contributed by atoms with Gasteiger partial charge in [0.25, 0.3) is 0 Å². The van der Waals surface area contributed by atoms with Gasteiger partial charge >= 0.3 is 0 Å². The highest BCUT2D eigenvalue weighted by Crippen LogP contribution is 2.37. The Bertz CT molecular complexity index is 701. The minimum absolute atomic E-state index is 0.0407. The third-order valence-electron chi connectivity index (χ3n) is 4.12. The third-order valence-corrected chi connectivity index (χ3v) is 5.24. The molecule has 1 aliphatic heterocycles. The van der Waals surface area contributed by atoms with Crippen molar-refractivity contribution in [2.45, 2.75) is 37.2 Å². The Morgan fingerprint density at radius 3 is 2.87 bits per heavy atom. The van der Waals surface area contributed by atoms with Crippen LogP contribution in [0.4, 0.5) is 5.69 Å². The second-order valence-electron chi connectivity index (χ2n) is 5.92. The fourth-order valence-electron chi connectivity index (χ4n) is 3.00. The van der Waals surface area contributed by atoms with Gasteiger partial charge in [0.05, 0.1) is 0 Å². The molecule has 0 spiro atoms. The van der Waals surface area contributed by atoms with Crippen LogP contribution in [0.1, 0.15) is 43.5 Å². The predicted octanol–water partition coefficient (Wildman–Crippen LogP) is 4.53. The molecule has 0 radical (unpaired) electrons. The number of benzene rings is 2. The molecule has 3 nitrogen and oxygen atoms in total. The number of rotatable bonds is 4. The zero-order valence-electron chi connectivity index (χ0n) is 13.5. The normalized spacial score (nSPS) is 18.1. The van der Waals surface area contributed by atoms with Gasteiger partial charge in [0.15, 0.2) is 0 Å². The van der Waals surface area contributed by atoms with Crippen molar-refractivity contribution < 1.29 is 4.79 Å². The molecular formula is C19H22N2OS. The topological polar surface area (TPSA) is 41.1 Å². The third kappa shape index (κ3) is 3.95. The average molecular weight is 326 g/mol. The molecule has 120 valence electrons. The zero-order valence-corrected chi connectivity index (χ0v) is 14.3. The molecule has 2 N–H and O–H groups in total. The summed E-state index contributed by atoms with van der Waals surface area (Å²) in [5, 5.41) is 6.60. The van der Waals surface area contributed by atoms with Crippen molar-refractivity contribution in [3.8, 4) is 0 Å².